The van der Waals surface area contributed by atoms with E-state index in [0.29, 0.717) is 5.02 Å². The summed E-state index contributed by atoms with van der Waals surface area (Å²) in [6.45, 7) is 0. The summed E-state index contributed by atoms with van der Waals surface area (Å²) in [6, 6.07) is 9.68. The largest absolute Gasteiger partial charge is 0.330 e. The minimum Gasteiger partial charge on any atom is -0.287 e. The van der Waals surface area contributed by atoms with Crippen molar-refractivity contribution >= 4 is 60.6 Å². The summed E-state index contributed by atoms with van der Waals surface area (Å²) in [5.74, 6) is -3.42. The molecule has 2 aromatic rings. The molecule has 0 radical (unpaired) electrons. The number of amides is 2. The summed E-state index contributed by atoms with van der Waals surface area (Å²) in [6.07, 6.45) is 0. The van der Waals surface area contributed by atoms with Gasteiger partial charge in [0.15, 0.2) is 19.7 Å². The molecule has 0 bridgehead atoms. The van der Waals surface area contributed by atoms with Crippen LogP contribution in [0.25, 0.3) is 0 Å². The number of carbonyl (C=O) groups excluding carboxylic acids is 1. The predicted octanol–water partition coefficient (Wildman–Crippen LogP) is 3.18. The van der Waals surface area contributed by atoms with Gasteiger partial charge < -0.3 is 0 Å². The van der Waals surface area contributed by atoms with Crippen molar-refractivity contribution in [2.75, 3.05) is 19.8 Å². The molecule has 1 saturated heterocycles. The first-order valence-electron chi connectivity index (χ1n) is 9.43. The molecule has 1 unspecified atom stereocenters. The molecule has 2 amide bonds. The zero-order valence-corrected chi connectivity index (χ0v) is 20.6. The summed E-state index contributed by atoms with van der Waals surface area (Å²) in [4.78, 5) is 13.7. The van der Waals surface area contributed by atoms with Gasteiger partial charge in [0.25, 0.3) is 0 Å². The van der Waals surface area contributed by atoms with E-state index in [9.17, 15) is 21.6 Å². The normalized spacial score (nSPS) is 18.5. The van der Waals surface area contributed by atoms with E-state index >= 15 is 0 Å². The molecule has 1 aliphatic rings. The maximum Gasteiger partial charge on any atom is 0.330 e. The van der Waals surface area contributed by atoms with Crippen molar-refractivity contribution in [3.8, 4) is 0 Å². The molecule has 2 aromatic carbocycles. The number of hydrogen-bond donors (Lipinski definition) is 2. The minimum atomic E-state index is -4.41. The SMILES string of the molecule is CN1C(=N)C(C(CS(=O)(=O)c2ccc(Cl)cc2)S(=O)(=O)c2ccc(Cl)cc2)C(=N)N(C)C1=O. The van der Waals surface area contributed by atoms with Crippen molar-refractivity contribution in [2.45, 2.75) is 15.0 Å². The maximum absolute atomic E-state index is 13.6. The average Bonchev–Trinajstić information content (AvgIpc) is 2.76. The predicted molar refractivity (Wildman–Crippen MR) is 126 cm³/mol. The van der Waals surface area contributed by atoms with Gasteiger partial charge in [0, 0.05) is 24.1 Å². The van der Waals surface area contributed by atoms with E-state index in [-0.39, 0.29) is 14.8 Å². The molecule has 3 rings (SSSR count). The smallest absolute Gasteiger partial charge is 0.287 e. The van der Waals surface area contributed by atoms with E-state index in [1.807, 2.05) is 0 Å². The van der Waals surface area contributed by atoms with Crippen LogP contribution in [0.3, 0.4) is 0 Å². The van der Waals surface area contributed by atoms with Crippen LogP contribution in [-0.2, 0) is 19.7 Å². The van der Waals surface area contributed by atoms with Crippen molar-refractivity contribution in [3.63, 3.8) is 0 Å². The van der Waals surface area contributed by atoms with Crippen molar-refractivity contribution in [1.82, 2.24) is 9.80 Å². The van der Waals surface area contributed by atoms with Gasteiger partial charge in [-0.25, -0.2) is 21.6 Å². The Bertz CT molecular complexity index is 1300. The molecular weight excluding hydrogens is 511 g/mol. The highest BCUT2D eigenvalue weighted by Gasteiger charge is 2.48. The molecule has 2 N–H and O–H groups in total. The second kappa shape index (κ2) is 9.05. The summed E-state index contributed by atoms with van der Waals surface area (Å²) < 4.78 is 53.7. The first-order chi connectivity index (χ1) is 15.3. The Morgan fingerprint density at radius 3 is 1.64 bits per heavy atom. The molecule has 0 spiro atoms. The first kappa shape index (κ1) is 25.2. The lowest BCUT2D eigenvalue weighted by Gasteiger charge is -2.40. The monoisotopic (exact) mass is 530 g/mol. The van der Waals surface area contributed by atoms with Crippen LogP contribution >= 0.6 is 23.2 Å². The topological polar surface area (TPSA) is 140 Å². The Kier molecular flexibility index (Phi) is 6.90. The van der Waals surface area contributed by atoms with Crippen LogP contribution in [0, 0.1) is 16.7 Å². The number of sulfone groups is 2. The van der Waals surface area contributed by atoms with Crippen LogP contribution in [0.2, 0.25) is 10.0 Å². The lowest BCUT2D eigenvalue weighted by molar-refractivity contribution is 0.203. The van der Waals surface area contributed by atoms with Crippen LogP contribution < -0.4 is 0 Å². The van der Waals surface area contributed by atoms with Gasteiger partial charge in [-0.1, -0.05) is 23.2 Å². The van der Waals surface area contributed by atoms with Gasteiger partial charge in [-0.05, 0) is 48.5 Å². The fourth-order valence-electron chi connectivity index (χ4n) is 3.45. The van der Waals surface area contributed by atoms with Crippen LogP contribution in [0.15, 0.2) is 58.3 Å². The van der Waals surface area contributed by atoms with Gasteiger partial charge in [0.05, 0.1) is 26.7 Å². The number of amidine groups is 2. The molecule has 0 aliphatic carbocycles. The lowest BCUT2D eigenvalue weighted by Crippen LogP contribution is -2.61. The Labute approximate surface area is 201 Å². The van der Waals surface area contributed by atoms with Gasteiger partial charge in [0.2, 0.25) is 0 Å². The molecular formula is C20H20Cl2N4O5S2. The highest BCUT2D eigenvalue weighted by molar-refractivity contribution is 7.95. The van der Waals surface area contributed by atoms with E-state index in [2.05, 4.69) is 0 Å². The number of hydrogen-bond acceptors (Lipinski definition) is 7. The molecule has 1 fully saturated rings. The Morgan fingerprint density at radius 2 is 1.21 bits per heavy atom. The van der Waals surface area contributed by atoms with Gasteiger partial charge in [-0.2, -0.15) is 0 Å². The number of urea groups is 1. The van der Waals surface area contributed by atoms with Gasteiger partial charge in [-0.15, -0.1) is 0 Å². The Balaban J connectivity index is 2.17. The number of nitrogens with one attached hydrogen (secondary N) is 2. The Hall–Kier alpha value is -2.47. The molecule has 0 saturated carbocycles. The molecule has 13 heteroatoms. The van der Waals surface area contributed by atoms with Crippen LogP contribution in [-0.4, -0.2) is 69.4 Å². The number of carbonyl (C=O) groups is 1. The molecule has 9 nitrogen and oxygen atoms in total. The fraction of sp³-hybridized carbons (Fsp3) is 0.250. The average molecular weight is 531 g/mol. The van der Waals surface area contributed by atoms with Crippen LogP contribution in [0.4, 0.5) is 4.79 Å². The fourth-order valence-corrected chi connectivity index (χ4v) is 7.80. The quantitative estimate of drug-likeness (QED) is 0.590. The van der Waals surface area contributed by atoms with E-state index < -0.39 is 54.3 Å². The molecule has 1 heterocycles. The zero-order valence-electron chi connectivity index (χ0n) is 17.5. The van der Waals surface area contributed by atoms with Gasteiger partial charge in [0.1, 0.15) is 11.7 Å². The van der Waals surface area contributed by atoms with Crippen molar-refractivity contribution < 1.29 is 21.6 Å². The minimum absolute atomic E-state index is 0.158. The van der Waals surface area contributed by atoms with Crippen molar-refractivity contribution in [2.24, 2.45) is 5.92 Å². The van der Waals surface area contributed by atoms with Gasteiger partial charge in [-0.3, -0.25) is 20.6 Å². The highest BCUT2D eigenvalue weighted by Crippen LogP contribution is 2.31. The molecule has 0 aromatic heterocycles. The summed E-state index contributed by atoms with van der Waals surface area (Å²) in [5, 5.41) is 15.6. The highest BCUT2D eigenvalue weighted by atomic mass is 35.5. The molecule has 1 atom stereocenters. The number of benzene rings is 2. The Morgan fingerprint density at radius 1 is 0.818 bits per heavy atom. The van der Waals surface area contributed by atoms with Crippen molar-refractivity contribution in [1.29, 1.82) is 10.8 Å². The second-order valence-electron chi connectivity index (χ2n) is 7.42. The molecule has 176 valence electrons. The standard InChI is InChI=1S/C20H20Cl2N4O5S2/c1-25-18(23)17(19(24)26(2)20(25)27)16(33(30,31)15-9-5-13(22)6-10-15)11-32(28,29)14-7-3-12(21)4-8-14/h3-10,16-17,23-24H,11H2,1-2H3. The van der Waals surface area contributed by atoms with E-state index in [1.54, 1.807) is 0 Å². The lowest BCUT2D eigenvalue weighted by atomic mass is 9.99. The number of rotatable bonds is 6. The summed E-state index contributed by atoms with van der Waals surface area (Å²) in [5.41, 5.74) is 0. The van der Waals surface area contributed by atoms with E-state index in [1.165, 1.54) is 62.6 Å². The van der Waals surface area contributed by atoms with Crippen LogP contribution in [0.5, 0.6) is 0 Å². The zero-order chi connectivity index (χ0) is 24.7. The number of halogens is 2. The summed E-state index contributed by atoms with van der Waals surface area (Å²) >= 11 is 11.7. The number of nitrogens with zero attached hydrogens (tertiary/aromatic N) is 2. The van der Waals surface area contributed by atoms with Crippen molar-refractivity contribution in [3.05, 3.63) is 58.6 Å². The third-order valence-electron chi connectivity index (χ3n) is 5.35. The third-order valence-corrected chi connectivity index (χ3v) is 10.0. The third kappa shape index (κ3) is 4.77. The second-order valence-corrected chi connectivity index (χ2v) is 12.5. The first-order valence-corrected chi connectivity index (χ1v) is 13.4. The van der Waals surface area contributed by atoms with Gasteiger partial charge >= 0.3 is 6.03 Å². The molecule has 1 aliphatic heterocycles. The maximum atomic E-state index is 13.6. The van der Waals surface area contributed by atoms with Crippen LogP contribution in [0.1, 0.15) is 0 Å². The molecule has 33 heavy (non-hydrogen) atoms. The van der Waals surface area contributed by atoms with E-state index in [4.69, 9.17) is 34.0 Å². The van der Waals surface area contributed by atoms with E-state index in [0.717, 1.165) is 9.80 Å². The summed E-state index contributed by atoms with van der Waals surface area (Å²) in [7, 11) is -6.08.